The minimum absolute atomic E-state index is 0.262. The summed E-state index contributed by atoms with van der Waals surface area (Å²) in [6.45, 7) is 0. The Labute approximate surface area is 159 Å². The summed E-state index contributed by atoms with van der Waals surface area (Å²) in [5.74, 6) is 0.305. The van der Waals surface area contributed by atoms with Gasteiger partial charge in [-0.15, -0.1) is 0 Å². The van der Waals surface area contributed by atoms with Crippen molar-refractivity contribution < 1.29 is 4.79 Å². The largest absolute Gasteiger partial charge is 0.393 e. The number of carbonyl (C=O) groups excluding carboxylic acids is 1. The number of aromatic nitrogens is 4. The summed E-state index contributed by atoms with van der Waals surface area (Å²) in [7, 11) is 0. The second kappa shape index (κ2) is 6.93. The van der Waals surface area contributed by atoms with Crippen molar-refractivity contribution in [2.24, 2.45) is 0 Å². The van der Waals surface area contributed by atoms with Crippen LogP contribution in [0.25, 0.3) is 16.9 Å². The molecule has 0 saturated heterocycles. The monoisotopic (exact) mass is 379 g/mol. The lowest BCUT2D eigenvalue weighted by Gasteiger charge is -2.13. The van der Waals surface area contributed by atoms with Gasteiger partial charge in [0.05, 0.1) is 21.6 Å². The van der Waals surface area contributed by atoms with Crippen LogP contribution in [0, 0.1) is 0 Å². The standard InChI is InChI=1S/C18H14ClN7O/c19-12-6-2-1-5-11(12)18(27)25-24-16-15(20)17(22-9-21-16)26-10-23-13-7-3-4-8-14(13)26/h1-10H,20H2,(H,25,27)(H,21,22,24). The average molecular weight is 380 g/mol. The molecule has 0 saturated carbocycles. The highest BCUT2D eigenvalue weighted by Crippen LogP contribution is 2.24. The molecule has 9 heteroatoms. The molecule has 0 radical (unpaired) electrons. The quantitative estimate of drug-likeness (QED) is 0.470. The van der Waals surface area contributed by atoms with E-state index in [1.54, 1.807) is 35.2 Å². The van der Waals surface area contributed by atoms with Gasteiger partial charge in [0.1, 0.15) is 18.3 Å². The third-order valence-corrected chi connectivity index (χ3v) is 4.29. The van der Waals surface area contributed by atoms with Gasteiger partial charge in [-0.2, -0.15) is 0 Å². The van der Waals surface area contributed by atoms with E-state index in [1.807, 2.05) is 24.3 Å². The molecule has 1 amide bonds. The van der Waals surface area contributed by atoms with E-state index in [0.717, 1.165) is 11.0 Å². The summed E-state index contributed by atoms with van der Waals surface area (Å²) < 4.78 is 1.76. The number of fused-ring (bicyclic) bond motifs is 1. The number of amides is 1. The summed E-state index contributed by atoms with van der Waals surface area (Å²) in [4.78, 5) is 24.9. The van der Waals surface area contributed by atoms with Crippen LogP contribution in [0.15, 0.2) is 61.2 Å². The molecule has 2 aromatic carbocycles. The normalized spacial score (nSPS) is 10.7. The third-order valence-electron chi connectivity index (χ3n) is 3.96. The first-order valence-corrected chi connectivity index (χ1v) is 8.37. The number of nitrogens with one attached hydrogen (secondary N) is 2. The van der Waals surface area contributed by atoms with Crippen LogP contribution in [0.2, 0.25) is 5.02 Å². The topological polar surface area (TPSA) is 111 Å². The van der Waals surface area contributed by atoms with Crippen molar-refractivity contribution in [1.82, 2.24) is 24.9 Å². The van der Waals surface area contributed by atoms with Gasteiger partial charge >= 0.3 is 0 Å². The van der Waals surface area contributed by atoms with E-state index in [-0.39, 0.29) is 11.5 Å². The minimum Gasteiger partial charge on any atom is -0.393 e. The summed E-state index contributed by atoms with van der Waals surface area (Å²) in [6.07, 6.45) is 2.99. The van der Waals surface area contributed by atoms with E-state index >= 15 is 0 Å². The molecule has 2 heterocycles. The highest BCUT2D eigenvalue weighted by molar-refractivity contribution is 6.33. The molecule has 0 atom stereocenters. The van der Waals surface area contributed by atoms with Gasteiger partial charge in [-0.05, 0) is 24.3 Å². The average Bonchev–Trinajstić information content (AvgIpc) is 3.11. The maximum Gasteiger partial charge on any atom is 0.271 e. The number of halogens is 1. The van der Waals surface area contributed by atoms with Crippen molar-refractivity contribution in [2.75, 3.05) is 11.2 Å². The van der Waals surface area contributed by atoms with Gasteiger partial charge in [0, 0.05) is 0 Å². The second-order valence-electron chi connectivity index (χ2n) is 5.62. The predicted octanol–water partition coefficient (Wildman–Crippen LogP) is 2.81. The number of anilines is 2. The molecular formula is C18H14ClN7O. The first kappa shape index (κ1) is 16.8. The van der Waals surface area contributed by atoms with Crippen molar-refractivity contribution in [3.05, 3.63) is 71.8 Å². The first-order valence-electron chi connectivity index (χ1n) is 7.99. The predicted molar refractivity (Wildman–Crippen MR) is 104 cm³/mol. The molecule has 0 fully saturated rings. The van der Waals surface area contributed by atoms with Crippen molar-refractivity contribution in [2.45, 2.75) is 0 Å². The van der Waals surface area contributed by atoms with Crippen LogP contribution in [-0.2, 0) is 0 Å². The third kappa shape index (κ3) is 3.13. The van der Waals surface area contributed by atoms with E-state index in [9.17, 15) is 4.79 Å². The van der Waals surface area contributed by atoms with Gasteiger partial charge in [0.2, 0.25) is 0 Å². The smallest absolute Gasteiger partial charge is 0.271 e. The van der Waals surface area contributed by atoms with Crippen LogP contribution < -0.4 is 16.6 Å². The van der Waals surface area contributed by atoms with Crippen molar-refractivity contribution in [3.63, 3.8) is 0 Å². The lowest BCUT2D eigenvalue weighted by Crippen LogP contribution is -2.30. The SMILES string of the molecule is Nc1c(NNC(=O)c2ccccc2Cl)ncnc1-n1cnc2ccccc21. The summed E-state index contributed by atoms with van der Waals surface area (Å²) >= 11 is 6.03. The Morgan fingerprint density at radius 1 is 1.04 bits per heavy atom. The van der Waals surface area contributed by atoms with Crippen LogP contribution in [-0.4, -0.2) is 25.4 Å². The molecular weight excluding hydrogens is 366 g/mol. The number of hydrogen-bond donors (Lipinski definition) is 3. The Morgan fingerprint density at radius 3 is 2.67 bits per heavy atom. The Balaban J connectivity index is 1.61. The Bertz CT molecular complexity index is 1140. The maximum atomic E-state index is 12.3. The Kier molecular flexibility index (Phi) is 4.31. The lowest BCUT2D eigenvalue weighted by molar-refractivity contribution is 0.0962. The molecule has 0 spiro atoms. The van der Waals surface area contributed by atoms with Crippen molar-refractivity contribution in [3.8, 4) is 5.82 Å². The molecule has 4 N–H and O–H groups in total. The van der Waals surface area contributed by atoms with Gasteiger partial charge < -0.3 is 5.73 Å². The highest BCUT2D eigenvalue weighted by Gasteiger charge is 2.14. The van der Waals surface area contributed by atoms with Crippen LogP contribution in [0.5, 0.6) is 0 Å². The molecule has 8 nitrogen and oxygen atoms in total. The van der Waals surface area contributed by atoms with E-state index in [1.165, 1.54) is 6.33 Å². The van der Waals surface area contributed by atoms with Crippen LogP contribution in [0.4, 0.5) is 11.5 Å². The molecule has 0 aliphatic carbocycles. The van der Waals surface area contributed by atoms with E-state index in [4.69, 9.17) is 17.3 Å². The van der Waals surface area contributed by atoms with Gasteiger partial charge in [-0.25, -0.2) is 15.0 Å². The molecule has 4 rings (SSSR count). The number of hydrazine groups is 1. The van der Waals surface area contributed by atoms with Gasteiger partial charge in [-0.3, -0.25) is 20.2 Å². The Morgan fingerprint density at radius 2 is 1.81 bits per heavy atom. The van der Waals surface area contributed by atoms with E-state index in [0.29, 0.717) is 16.4 Å². The first-order chi connectivity index (χ1) is 13.1. The molecule has 0 bridgehead atoms. The highest BCUT2D eigenvalue weighted by atomic mass is 35.5. The molecule has 0 unspecified atom stereocenters. The number of nitrogens with zero attached hydrogens (tertiary/aromatic N) is 4. The number of nitrogens with two attached hydrogens (primary N) is 1. The number of rotatable bonds is 4. The molecule has 0 aliphatic heterocycles. The fourth-order valence-electron chi connectivity index (χ4n) is 2.63. The molecule has 2 aromatic heterocycles. The second-order valence-corrected chi connectivity index (χ2v) is 6.03. The van der Waals surface area contributed by atoms with Crippen molar-refractivity contribution in [1.29, 1.82) is 0 Å². The zero-order valence-corrected chi connectivity index (χ0v) is 14.7. The van der Waals surface area contributed by atoms with Gasteiger partial charge in [0.15, 0.2) is 11.6 Å². The van der Waals surface area contributed by atoms with Gasteiger partial charge in [0.25, 0.3) is 5.91 Å². The van der Waals surface area contributed by atoms with Crippen LogP contribution in [0.1, 0.15) is 10.4 Å². The fraction of sp³-hybridized carbons (Fsp3) is 0. The number of hydrogen-bond acceptors (Lipinski definition) is 6. The number of benzene rings is 2. The number of nitrogen functional groups attached to an aromatic ring is 1. The van der Waals surface area contributed by atoms with Crippen LogP contribution in [0.3, 0.4) is 0 Å². The fourth-order valence-corrected chi connectivity index (χ4v) is 2.86. The maximum absolute atomic E-state index is 12.3. The number of carbonyl (C=O) groups is 1. The van der Waals surface area contributed by atoms with Crippen molar-refractivity contribution >= 4 is 40.0 Å². The molecule has 27 heavy (non-hydrogen) atoms. The summed E-state index contributed by atoms with van der Waals surface area (Å²) in [5.41, 5.74) is 13.7. The zero-order chi connectivity index (χ0) is 18.8. The van der Waals surface area contributed by atoms with E-state index in [2.05, 4.69) is 25.8 Å². The number of imidazole rings is 1. The number of para-hydroxylation sites is 2. The summed E-state index contributed by atoms with van der Waals surface area (Å²) in [5, 5.41) is 0.345. The Hall–Kier alpha value is -3.65. The minimum atomic E-state index is -0.409. The molecule has 134 valence electrons. The van der Waals surface area contributed by atoms with Crippen LogP contribution >= 0.6 is 11.6 Å². The lowest BCUT2D eigenvalue weighted by atomic mass is 10.2. The van der Waals surface area contributed by atoms with E-state index < -0.39 is 5.91 Å². The zero-order valence-electron chi connectivity index (χ0n) is 13.9. The summed E-state index contributed by atoms with van der Waals surface area (Å²) in [6, 6.07) is 14.3. The molecule has 0 aliphatic rings. The van der Waals surface area contributed by atoms with Gasteiger partial charge in [-0.1, -0.05) is 35.9 Å². The molecule has 4 aromatic rings.